The van der Waals surface area contributed by atoms with E-state index >= 15 is 0 Å². The maximum absolute atomic E-state index is 13.3. The summed E-state index contributed by atoms with van der Waals surface area (Å²) in [6, 6.07) is 0. The number of carbonyl (C=O) groups excluding carboxylic acids is 2. The smallest absolute Gasteiger partial charge is 0.232 e. The van der Waals surface area contributed by atoms with Crippen molar-refractivity contribution in [1.82, 2.24) is 5.32 Å². The molecule has 8 aliphatic rings. The van der Waals surface area contributed by atoms with Crippen molar-refractivity contribution in [3.63, 3.8) is 0 Å². The molecule has 0 unspecified atom stereocenters. The molecule has 0 aromatic carbocycles. The largest absolute Gasteiger partial charge is 0.295 e. The van der Waals surface area contributed by atoms with Crippen molar-refractivity contribution in [2.24, 2.45) is 46.3 Å². The molecule has 0 aliphatic heterocycles. The Morgan fingerprint density at radius 1 is 0.520 bits per heavy atom. The maximum Gasteiger partial charge on any atom is 0.232 e. The lowest BCUT2D eigenvalue weighted by Crippen LogP contribution is -2.59. The number of imide groups is 1. The molecule has 0 spiro atoms. The van der Waals surface area contributed by atoms with Gasteiger partial charge in [-0.05, 0) is 113 Å². The number of rotatable bonds is 2. The average Bonchev–Trinajstić information content (AvgIpc) is 2.52. The van der Waals surface area contributed by atoms with Gasteiger partial charge in [-0.2, -0.15) is 0 Å². The number of carbonyl (C=O) groups is 2. The molecule has 0 aromatic heterocycles. The molecule has 0 radical (unpaired) electrons. The first kappa shape index (κ1) is 15.2. The normalized spacial score (nSPS) is 54.7. The lowest BCUT2D eigenvalue weighted by molar-refractivity contribution is -0.157. The fraction of sp³-hybridized carbons (Fsp3) is 0.909. The van der Waals surface area contributed by atoms with Crippen molar-refractivity contribution in [3.05, 3.63) is 0 Å². The Balaban J connectivity index is 1.22. The predicted molar refractivity (Wildman–Crippen MR) is 94.4 cm³/mol. The monoisotopic (exact) mass is 341 g/mol. The van der Waals surface area contributed by atoms with Gasteiger partial charge in [0.1, 0.15) is 0 Å². The third-order valence-electron chi connectivity index (χ3n) is 9.27. The second-order valence-corrected chi connectivity index (χ2v) is 11.2. The van der Waals surface area contributed by atoms with Crippen molar-refractivity contribution in [2.75, 3.05) is 0 Å². The van der Waals surface area contributed by atoms with Gasteiger partial charge in [-0.3, -0.25) is 14.9 Å². The maximum atomic E-state index is 13.3. The lowest BCUT2D eigenvalue weighted by Gasteiger charge is -2.57. The highest BCUT2D eigenvalue weighted by Gasteiger charge is 2.58. The summed E-state index contributed by atoms with van der Waals surface area (Å²) in [6.45, 7) is 0. The van der Waals surface area contributed by atoms with E-state index in [9.17, 15) is 9.59 Å². The summed E-state index contributed by atoms with van der Waals surface area (Å²) in [5, 5.41) is 3.02. The molecule has 0 saturated heterocycles. The van der Waals surface area contributed by atoms with Gasteiger partial charge in [-0.15, -0.1) is 0 Å². The Hall–Kier alpha value is -0.860. The minimum absolute atomic E-state index is 0.118. The first-order valence-corrected chi connectivity index (χ1v) is 10.9. The molecular weight excluding hydrogens is 310 g/mol. The van der Waals surface area contributed by atoms with E-state index in [1.165, 1.54) is 38.5 Å². The summed E-state index contributed by atoms with van der Waals surface area (Å²) in [5.41, 5.74) is -0.376. The van der Waals surface area contributed by atoms with Crippen LogP contribution < -0.4 is 5.32 Å². The van der Waals surface area contributed by atoms with Gasteiger partial charge in [0, 0.05) is 0 Å². The fourth-order valence-corrected chi connectivity index (χ4v) is 9.15. The van der Waals surface area contributed by atoms with Crippen molar-refractivity contribution < 1.29 is 9.59 Å². The molecular formula is C22H31NO2. The topological polar surface area (TPSA) is 46.2 Å². The molecule has 2 amide bonds. The van der Waals surface area contributed by atoms with Crippen LogP contribution in [0.5, 0.6) is 0 Å². The van der Waals surface area contributed by atoms with Gasteiger partial charge < -0.3 is 0 Å². The SMILES string of the molecule is O=C(NC(=O)C12CC3CC(CC(C3)C1)C2)C12CC3CC(CC(C3)C1)C2. The van der Waals surface area contributed by atoms with Gasteiger partial charge in [0.15, 0.2) is 0 Å². The molecule has 1 N–H and O–H groups in total. The predicted octanol–water partition coefficient (Wildman–Crippen LogP) is 4.06. The van der Waals surface area contributed by atoms with Crippen LogP contribution in [0.25, 0.3) is 0 Å². The molecule has 8 saturated carbocycles. The molecule has 25 heavy (non-hydrogen) atoms. The Kier molecular flexibility index (Phi) is 2.98. The summed E-state index contributed by atoms with van der Waals surface area (Å²) < 4.78 is 0. The molecule has 8 bridgehead atoms. The summed E-state index contributed by atoms with van der Waals surface area (Å²) in [7, 11) is 0. The molecule has 0 aromatic rings. The van der Waals surface area contributed by atoms with E-state index in [1.807, 2.05) is 0 Å². The van der Waals surface area contributed by atoms with Gasteiger partial charge >= 0.3 is 0 Å². The molecule has 3 heteroatoms. The standard InChI is InChI=1S/C22H31NO2/c24-19(21-7-13-1-14(8-21)3-15(2-13)9-21)23-20(25)22-10-16-4-17(11-22)6-18(5-16)12-22/h13-18H,1-12H2,(H,23,24,25). The molecule has 8 aliphatic carbocycles. The van der Waals surface area contributed by atoms with E-state index < -0.39 is 0 Å². The van der Waals surface area contributed by atoms with Gasteiger partial charge in [-0.1, -0.05) is 0 Å². The van der Waals surface area contributed by atoms with E-state index in [0.717, 1.165) is 74.0 Å². The van der Waals surface area contributed by atoms with Crippen LogP contribution in [0.4, 0.5) is 0 Å². The lowest BCUT2D eigenvalue weighted by atomic mass is 9.48. The highest BCUT2D eigenvalue weighted by atomic mass is 16.2. The number of hydrogen-bond acceptors (Lipinski definition) is 2. The molecule has 8 rings (SSSR count). The van der Waals surface area contributed by atoms with E-state index in [-0.39, 0.29) is 22.6 Å². The summed E-state index contributed by atoms with van der Waals surface area (Å²) in [5.74, 6) is 4.77. The molecule has 3 nitrogen and oxygen atoms in total. The molecule has 0 atom stereocenters. The Bertz CT molecular complexity index is 511. The minimum Gasteiger partial charge on any atom is -0.295 e. The highest BCUT2D eigenvalue weighted by Crippen LogP contribution is 2.62. The van der Waals surface area contributed by atoms with Gasteiger partial charge in [0.05, 0.1) is 10.8 Å². The van der Waals surface area contributed by atoms with Crippen LogP contribution in [0.15, 0.2) is 0 Å². The fourth-order valence-electron chi connectivity index (χ4n) is 9.15. The van der Waals surface area contributed by atoms with Crippen LogP contribution in [0.3, 0.4) is 0 Å². The second-order valence-electron chi connectivity index (χ2n) is 11.2. The highest BCUT2D eigenvalue weighted by molar-refractivity contribution is 6.00. The van der Waals surface area contributed by atoms with Gasteiger partial charge in [0.25, 0.3) is 0 Å². The Labute approximate surface area is 150 Å². The van der Waals surface area contributed by atoms with Gasteiger partial charge in [-0.25, -0.2) is 0 Å². The summed E-state index contributed by atoms with van der Waals surface area (Å²) in [6.07, 6.45) is 14.4. The van der Waals surface area contributed by atoms with E-state index in [4.69, 9.17) is 0 Å². The van der Waals surface area contributed by atoms with E-state index in [0.29, 0.717) is 0 Å². The molecule has 136 valence electrons. The van der Waals surface area contributed by atoms with Crippen LogP contribution in [0.2, 0.25) is 0 Å². The van der Waals surface area contributed by atoms with Crippen LogP contribution in [0, 0.1) is 46.3 Å². The average molecular weight is 341 g/mol. The second kappa shape index (κ2) is 4.89. The van der Waals surface area contributed by atoms with Crippen molar-refractivity contribution in [2.45, 2.75) is 77.0 Å². The first-order valence-electron chi connectivity index (χ1n) is 10.9. The molecule has 8 fully saturated rings. The zero-order valence-electron chi connectivity index (χ0n) is 15.3. The third kappa shape index (κ3) is 2.16. The summed E-state index contributed by atoms with van der Waals surface area (Å²) >= 11 is 0. The van der Waals surface area contributed by atoms with E-state index in [1.54, 1.807) is 0 Å². The van der Waals surface area contributed by atoms with Crippen molar-refractivity contribution >= 4 is 11.8 Å². The zero-order valence-corrected chi connectivity index (χ0v) is 15.3. The van der Waals surface area contributed by atoms with Crippen LogP contribution in [-0.2, 0) is 9.59 Å². The van der Waals surface area contributed by atoms with E-state index in [2.05, 4.69) is 5.32 Å². The Morgan fingerprint density at radius 2 is 0.760 bits per heavy atom. The zero-order chi connectivity index (χ0) is 16.8. The molecule has 0 heterocycles. The number of hydrogen-bond donors (Lipinski definition) is 1. The van der Waals surface area contributed by atoms with Crippen LogP contribution in [-0.4, -0.2) is 11.8 Å². The summed E-state index contributed by atoms with van der Waals surface area (Å²) in [4.78, 5) is 26.5. The van der Waals surface area contributed by atoms with Crippen molar-refractivity contribution in [1.29, 1.82) is 0 Å². The first-order chi connectivity index (χ1) is 12.0. The van der Waals surface area contributed by atoms with Crippen LogP contribution in [0.1, 0.15) is 77.0 Å². The Morgan fingerprint density at radius 3 is 1.00 bits per heavy atom. The van der Waals surface area contributed by atoms with Crippen molar-refractivity contribution in [3.8, 4) is 0 Å². The van der Waals surface area contributed by atoms with Crippen LogP contribution >= 0.6 is 0 Å². The quantitative estimate of drug-likeness (QED) is 0.770. The third-order valence-corrected chi connectivity index (χ3v) is 9.27. The minimum atomic E-state index is -0.188. The van der Waals surface area contributed by atoms with Gasteiger partial charge in [0.2, 0.25) is 11.8 Å². The number of amides is 2. The number of nitrogens with one attached hydrogen (secondary N) is 1.